The first-order valence-corrected chi connectivity index (χ1v) is 5.26. The van der Waals surface area contributed by atoms with Gasteiger partial charge in [0.25, 0.3) is 0 Å². The summed E-state index contributed by atoms with van der Waals surface area (Å²) >= 11 is 0. The van der Waals surface area contributed by atoms with Gasteiger partial charge in [0.2, 0.25) is 5.91 Å². The first kappa shape index (κ1) is 15.2. The summed E-state index contributed by atoms with van der Waals surface area (Å²) in [5.74, 6) is -0.535. The minimum atomic E-state index is -0.578. The number of halogens is 1. The summed E-state index contributed by atoms with van der Waals surface area (Å²) in [5.41, 5.74) is 0. The quantitative estimate of drug-likeness (QED) is 0.704. The lowest BCUT2D eigenvalue weighted by molar-refractivity contribution is -0.144. The molecule has 1 unspecified atom stereocenters. The van der Waals surface area contributed by atoms with E-state index >= 15 is 0 Å². The van der Waals surface area contributed by atoms with Gasteiger partial charge < -0.3 is 15.4 Å². The number of esters is 1. The number of ether oxygens (including phenoxy) is 1. The normalized spacial score (nSPS) is 21.5. The maximum Gasteiger partial charge on any atom is 0.328 e. The summed E-state index contributed by atoms with van der Waals surface area (Å²) in [6, 6.07) is -0.739. The predicted molar refractivity (Wildman–Crippen MR) is 62.5 cm³/mol. The molecule has 2 atom stereocenters. The van der Waals surface area contributed by atoms with Crippen molar-refractivity contribution < 1.29 is 14.3 Å². The van der Waals surface area contributed by atoms with Gasteiger partial charge >= 0.3 is 5.97 Å². The van der Waals surface area contributed by atoms with Crippen LogP contribution in [0.1, 0.15) is 26.2 Å². The molecule has 0 aromatic rings. The molecule has 0 radical (unpaired) electrons. The molecule has 1 fully saturated rings. The van der Waals surface area contributed by atoms with E-state index in [1.165, 1.54) is 7.11 Å². The fourth-order valence-electron chi connectivity index (χ4n) is 1.63. The number of hydrogen-bond acceptors (Lipinski definition) is 4. The van der Waals surface area contributed by atoms with E-state index in [9.17, 15) is 9.59 Å². The summed E-state index contributed by atoms with van der Waals surface area (Å²) in [4.78, 5) is 22.7. The van der Waals surface area contributed by atoms with E-state index in [2.05, 4.69) is 15.4 Å². The third kappa shape index (κ3) is 4.37. The van der Waals surface area contributed by atoms with Crippen LogP contribution in [-0.2, 0) is 14.3 Å². The van der Waals surface area contributed by atoms with E-state index < -0.39 is 12.0 Å². The Labute approximate surface area is 102 Å². The highest BCUT2D eigenvalue weighted by molar-refractivity contribution is 5.87. The highest BCUT2D eigenvalue weighted by Gasteiger charge is 2.23. The summed E-state index contributed by atoms with van der Waals surface area (Å²) in [6.07, 6.45) is 2.99. The highest BCUT2D eigenvalue weighted by atomic mass is 35.5. The molecule has 1 saturated heterocycles. The molecule has 5 nitrogen and oxygen atoms in total. The Bertz CT molecular complexity index is 242. The van der Waals surface area contributed by atoms with Crippen molar-refractivity contribution in [2.75, 3.05) is 13.7 Å². The second-order valence-corrected chi connectivity index (χ2v) is 3.76. The molecule has 1 aliphatic rings. The smallest absolute Gasteiger partial charge is 0.328 e. The van der Waals surface area contributed by atoms with Crippen LogP contribution in [0.4, 0.5) is 0 Å². The monoisotopic (exact) mass is 250 g/mol. The lowest BCUT2D eigenvalue weighted by atomic mass is 10.0. The largest absolute Gasteiger partial charge is 0.467 e. The molecular formula is C10H19ClN2O3. The summed E-state index contributed by atoms with van der Waals surface area (Å²) in [7, 11) is 1.31. The Morgan fingerprint density at radius 2 is 2.12 bits per heavy atom. The molecule has 0 aromatic heterocycles. The van der Waals surface area contributed by atoms with Crippen LogP contribution in [0.3, 0.4) is 0 Å². The lowest BCUT2D eigenvalue weighted by Crippen LogP contribution is -2.50. The van der Waals surface area contributed by atoms with Crippen molar-refractivity contribution >= 4 is 24.3 Å². The first-order valence-electron chi connectivity index (χ1n) is 5.26. The number of piperidine rings is 1. The standard InChI is InChI=1S/C10H18N2O3.ClH/c1-7(10(14)15-2)12-9(13)8-5-3-4-6-11-8;/h7-8,11H,3-6H2,1-2H3,(H,12,13);1H/t7?,8-;/m0./s1. The van der Waals surface area contributed by atoms with E-state index in [-0.39, 0.29) is 24.4 Å². The SMILES string of the molecule is COC(=O)C(C)NC(=O)[C@@H]1CCCCN1.Cl. The van der Waals surface area contributed by atoms with Gasteiger partial charge in [-0.3, -0.25) is 4.79 Å². The third-order valence-corrected chi connectivity index (χ3v) is 2.54. The van der Waals surface area contributed by atoms with Gasteiger partial charge in [0.05, 0.1) is 13.2 Å². The van der Waals surface area contributed by atoms with Gasteiger partial charge in [-0.2, -0.15) is 0 Å². The number of hydrogen-bond donors (Lipinski definition) is 2. The van der Waals surface area contributed by atoms with Gasteiger partial charge in [-0.1, -0.05) is 6.42 Å². The van der Waals surface area contributed by atoms with Crippen LogP contribution in [0.15, 0.2) is 0 Å². The van der Waals surface area contributed by atoms with E-state index in [4.69, 9.17) is 0 Å². The minimum absolute atomic E-state index is 0. The van der Waals surface area contributed by atoms with Crippen LogP contribution < -0.4 is 10.6 Å². The second-order valence-electron chi connectivity index (χ2n) is 3.76. The Kier molecular flexibility index (Phi) is 7.08. The molecule has 1 amide bonds. The van der Waals surface area contributed by atoms with Crippen LogP contribution in [0, 0.1) is 0 Å². The number of amides is 1. The molecule has 94 valence electrons. The summed E-state index contributed by atoms with van der Waals surface area (Å²) < 4.78 is 4.53. The fraction of sp³-hybridized carbons (Fsp3) is 0.800. The zero-order valence-electron chi connectivity index (χ0n) is 9.62. The van der Waals surface area contributed by atoms with E-state index in [0.717, 1.165) is 25.8 Å². The maximum atomic E-state index is 11.6. The van der Waals surface area contributed by atoms with E-state index in [1.54, 1.807) is 6.92 Å². The average molecular weight is 251 g/mol. The third-order valence-electron chi connectivity index (χ3n) is 2.54. The number of carbonyl (C=O) groups is 2. The highest BCUT2D eigenvalue weighted by Crippen LogP contribution is 2.07. The van der Waals surface area contributed by atoms with E-state index in [1.807, 2.05) is 0 Å². The number of rotatable bonds is 3. The molecule has 16 heavy (non-hydrogen) atoms. The van der Waals surface area contributed by atoms with Gasteiger partial charge in [-0.25, -0.2) is 4.79 Å². The number of methoxy groups -OCH3 is 1. The van der Waals surface area contributed by atoms with E-state index in [0.29, 0.717) is 0 Å². The molecule has 2 N–H and O–H groups in total. The molecule has 0 aliphatic carbocycles. The van der Waals surface area contributed by atoms with Crippen molar-refractivity contribution in [3.05, 3.63) is 0 Å². The van der Waals surface area contributed by atoms with Gasteiger partial charge in [0, 0.05) is 0 Å². The molecule has 0 saturated carbocycles. The van der Waals surface area contributed by atoms with Crippen molar-refractivity contribution in [1.82, 2.24) is 10.6 Å². The molecule has 0 spiro atoms. The Balaban J connectivity index is 0.00000225. The first-order chi connectivity index (χ1) is 7.15. The second kappa shape index (κ2) is 7.46. The summed E-state index contributed by atoms with van der Waals surface area (Å²) in [6.45, 7) is 2.48. The van der Waals surface area contributed by atoms with Crippen molar-refractivity contribution in [3.63, 3.8) is 0 Å². The van der Waals surface area contributed by atoms with Crippen molar-refractivity contribution in [3.8, 4) is 0 Å². The van der Waals surface area contributed by atoms with Gasteiger partial charge in [-0.15, -0.1) is 12.4 Å². The van der Waals surface area contributed by atoms with Crippen molar-refractivity contribution in [1.29, 1.82) is 0 Å². The van der Waals surface area contributed by atoms with Gasteiger partial charge in [0.15, 0.2) is 0 Å². The fourth-order valence-corrected chi connectivity index (χ4v) is 1.63. The van der Waals surface area contributed by atoms with Crippen LogP contribution in [-0.4, -0.2) is 37.6 Å². The van der Waals surface area contributed by atoms with Crippen LogP contribution in [0.5, 0.6) is 0 Å². The van der Waals surface area contributed by atoms with Crippen LogP contribution in [0.2, 0.25) is 0 Å². The molecule has 0 bridgehead atoms. The number of nitrogens with one attached hydrogen (secondary N) is 2. The summed E-state index contributed by atoms with van der Waals surface area (Å²) in [5, 5.41) is 5.74. The molecule has 0 aromatic carbocycles. The zero-order chi connectivity index (χ0) is 11.3. The predicted octanol–water partition coefficient (Wildman–Crippen LogP) is 0.228. The number of carbonyl (C=O) groups excluding carboxylic acids is 2. The molecular weight excluding hydrogens is 232 g/mol. The Morgan fingerprint density at radius 3 is 2.62 bits per heavy atom. The van der Waals surface area contributed by atoms with Crippen LogP contribution in [0.25, 0.3) is 0 Å². The van der Waals surface area contributed by atoms with Gasteiger partial charge in [-0.05, 0) is 26.3 Å². The molecule has 1 heterocycles. The zero-order valence-corrected chi connectivity index (χ0v) is 10.4. The average Bonchev–Trinajstić information content (AvgIpc) is 2.29. The minimum Gasteiger partial charge on any atom is -0.467 e. The Morgan fingerprint density at radius 1 is 1.44 bits per heavy atom. The lowest BCUT2D eigenvalue weighted by Gasteiger charge is -2.23. The van der Waals surface area contributed by atoms with Crippen LogP contribution >= 0.6 is 12.4 Å². The van der Waals surface area contributed by atoms with Crippen molar-refractivity contribution in [2.24, 2.45) is 0 Å². The van der Waals surface area contributed by atoms with Gasteiger partial charge in [0.1, 0.15) is 6.04 Å². The maximum absolute atomic E-state index is 11.6. The topological polar surface area (TPSA) is 67.4 Å². The molecule has 1 aliphatic heterocycles. The molecule has 6 heteroatoms. The Hall–Kier alpha value is -0.810. The molecule has 1 rings (SSSR count). The van der Waals surface area contributed by atoms with Crippen molar-refractivity contribution in [2.45, 2.75) is 38.3 Å².